The molecule has 0 spiro atoms. The highest BCUT2D eigenvalue weighted by atomic mass is 32.2. The Morgan fingerprint density at radius 1 is 1.27 bits per heavy atom. The minimum absolute atomic E-state index is 0.116. The summed E-state index contributed by atoms with van der Waals surface area (Å²) in [5, 5.41) is 15.1. The molecule has 1 amide bonds. The van der Waals surface area contributed by atoms with E-state index in [1.165, 1.54) is 15.6 Å². The van der Waals surface area contributed by atoms with Crippen LogP contribution < -0.4 is 5.32 Å². The molecule has 2 aromatic rings. The Labute approximate surface area is 154 Å². The number of carboxylic acid groups (broad SMARTS) is 1. The number of hydrogen-bond acceptors (Lipinski definition) is 6. The number of furan rings is 1. The number of amides is 1. The van der Waals surface area contributed by atoms with E-state index in [4.69, 9.17) is 9.52 Å². The van der Waals surface area contributed by atoms with E-state index in [1.54, 1.807) is 0 Å². The standard InChI is InChI=1S/C16H18N2O6S2/c1-10-8-25-9-12(10)17-15(19)11-4-6-18(7-5-11)26(22,23)14-3-2-13(24-14)16(20)21/h2-3,8-9,11H,4-7H2,1H3,(H,17,19)(H,20,21). The molecule has 0 saturated carbocycles. The zero-order chi connectivity index (χ0) is 18.9. The van der Waals surface area contributed by atoms with Gasteiger partial charge in [0.05, 0.1) is 5.69 Å². The molecule has 2 N–H and O–H groups in total. The van der Waals surface area contributed by atoms with Crippen molar-refractivity contribution in [2.24, 2.45) is 5.92 Å². The number of carboxylic acids is 1. The molecule has 0 unspecified atom stereocenters. The Morgan fingerprint density at radius 2 is 1.96 bits per heavy atom. The van der Waals surface area contributed by atoms with Gasteiger partial charge in [0.1, 0.15) is 0 Å². The highest BCUT2D eigenvalue weighted by Crippen LogP contribution is 2.27. The van der Waals surface area contributed by atoms with E-state index in [0.717, 1.165) is 23.4 Å². The third-order valence-electron chi connectivity index (χ3n) is 4.32. The van der Waals surface area contributed by atoms with E-state index in [1.807, 2.05) is 17.7 Å². The van der Waals surface area contributed by atoms with E-state index in [-0.39, 0.29) is 24.9 Å². The fourth-order valence-electron chi connectivity index (χ4n) is 2.78. The molecular formula is C16H18N2O6S2. The van der Waals surface area contributed by atoms with Gasteiger partial charge >= 0.3 is 5.97 Å². The monoisotopic (exact) mass is 398 g/mol. The molecule has 3 heterocycles. The van der Waals surface area contributed by atoms with Gasteiger partial charge in [0, 0.05) is 24.4 Å². The van der Waals surface area contributed by atoms with Crippen molar-refractivity contribution >= 4 is 38.9 Å². The van der Waals surface area contributed by atoms with Gasteiger partial charge in [0.15, 0.2) is 0 Å². The SMILES string of the molecule is Cc1cscc1NC(=O)C1CCN(S(=O)(=O)c2ccc(C(=O)O)o2)CC1. The average Bonchev–Trinajstić information content (AvgIpc) is 3.25. The first-order valence-electron chi connectivity index (χ1n) is 7.96. The number of hydrogen-bond donors (Lipinski definition) is 2. The summed E-state index contributed by atoms with van der Waals surface area (Å²) in [6, 6.07) is 2.25. The van der Waals surface area contributed by atoms with Crippen molar-refractivity contribution in [2.45, 2.75) is 24.9 Å². The van der Waals surface area contributed by atoms with Crippen LogP contribution in [0.3, 0.4) is 0 Å². The van der Waals surface area contributed by atoms with E-state index in [0.29, 0.717) is 12.8 Å². The number of nitrogens with one attached hydrogen (secondary N) is 1. The summed E-state index contributed by atoms with van der Waals surface area (Å²) >= 11 is 1.51. The summed E-state index contributed by atoms with van der Waals surface area (Å²) in [7, 11) is -3.91. The summed E-state index contributed by atoms with van der Waals surface area (Å²) < 4.78 is 31.2. The van der Waals surface area contributed by atoms with Gasteiger partial charge in [-0.05, 0) is 42.8 Å². The molecule has 1 saturated heterocycles. The molecule has 2 aromatic heterocycles. The van der Waals surface area contributed by atoms with Crippen molar-refractivity contribution in [1.82, 2.24) is 4.31 Å². The molecule has 0 atom stereocenters. The van der Waals surface area contributed by atoms with Crippen molar-refractivity contribution < 1.29 is 27.5 Å². The van der Waals surface area contributed by atoms with Crippen LogP contribution in [0.1, 0.15) is 29.0 Å². The van der Waals surface area contributed by atoms with Crippen molar-refractivity contribution in [1.29, 1.82) is 0 Å². The van der Waals surface area contributed by atoms with Crippen LogP contribution in [0.2, 0.25) is 0 Å². The van der Waals surface area contributed by atoms with E-state index < -0.39 is 26.8 Å². The molecule has 1 fully saturated rings. The van der Waals surface area contributed by atoms with Gasteiger partial charge < -0.3 is 14.8 Å². The number of aryl methyl sites for hydroxylation is 1. The van der Waals surface area contributed by atoms with Gasteiger partial charge in [-0.15, -0.1) is 11.3 Å². The number of piperidine rings is 1. The second kappa shape index (κ2) is 7.22. The zero-order valence-electron chi connectivity index (χ0n) is 14.0. The Hall–Kier alpha value is -2.17. The van der Waals surface area contributed by atoms with Crippen molar-refractivity contribution in [3.8, 4) is 0 Å². The lowest BCUT2D eigenvalue weighted by atomic mass is 9.97. The Morgan fingerprint density at radius 3 is 2.50 bits per heavy atom. The predicted octanol–water partition coefficient (Wildman–Crippen LogP) is 2.39. The number of rotatable bonds is 5. The average molecular weight is 398 g/mol. The second-order valence-corrected chi connectivity index (χ2v) is 8.67. The molecule has 8 nitrogen and oxygen atoms in total. The van der Waals surface area contributed by atoms with Gasteiger partial charge in [-0.1, -0.05) is 0 Å². The molecule has 1 aliphatic rings. The van der Waals surface area contributed by atoms with Gasteiger partial charge in [0.2, 0.25) is 16.8 Å². The lowest BCUT2D eigenvalue weighted by Gasteiger charge is -2.29. The predicted molar refractivity (Wildman–Crippen MR) is 94.8 cm³/mol. The van der Waals surface area contributed by atoms with Crippen LogP contribution in [0.25, 0.3) is 0 Å². The lowest BCUT2D eigenvalue weighted by Crippen LogP contribution is -2.41. The summed E-state index contributed by atoms with van der Waals surface area (Å²) in [6.45, 7) is 2.26. The van der Waals surface area contributed by atoms with Crippen LogP contribution in [0.15, 0.2) is 32.4 Å². The molecule has 10 heteroatoms. The maximum absolute atomic E-state index is 12.5. The number of carbonyl (C=O) groups excluding carboxylic acids is 1. The van der Waals surface area contributed by atoms with E-state index in [9.17, 15) is 18.0 Å². The fourth-order valence-corrected chi connectivity index (χ4v) is 4.94. The topological polar surface area (TPSA) is 117 Å². The molecule has 0 aliphatic carbocycles. The second-order valence-electron chi connectivity index (χ2n) is 6.06. The van der Waals surface area contributed by atoms with Crippen LogP contribution in [0, 0.1) is 12.8 Å². The fraction of sp³-hybridized carbons (Fsp3) is 0.375. The highest BCUT2D eigenvalue weighted by Gasteiger charge is 2.34. The van der Waals surface area contributed by atoms with Crippen LogP contribution in [-0.2, 0) is 14.8 Å². The van der Waals surface area contributed by atoms with Gasteiger partial charge in [-0.3, -0.25) is 4.79 Å². The molecule has 1 aliphatic heterocycles. The number of thiophene rings is 1. The maximum Gasteiger partial charge on any atom is 0.371 e. The van der Waals surface area contributed by atoms with E-state index in [2.05, 4.69) is 5.32 Å². The van der Waals surface area contributed by atoms with Crippen molar-refractivity contribution in [3.63, 3.8) is 0 Å². The van der Waals surface area contributed by atoms with Crippen LogP contribution in [0.5, 0.6) is 0 Å². The molecule has 0 aromatic carbocycles. The van der Waals surface area contributed by atoms with Gasteiger partial charge in [-0.25, -0.2) is 13.2 Å². The van der Waals surface area contributed by atoms with Crippen molar-refractivity contribution in [2.75, 3.05) is 18.4 Å². The molecule has 140 valence electrons. The Bertz CT molecular complexity index is 922. The van der Waals surface area contributed by atoms with Gasteiger partial charge in [-0.2, -0.15) is 4.31 Å². The Balaban J connectivity index is 1.63. The van der Waals surface area contributed by atoms with Crippen LogP contribution in [0.4, 0.5) is 5.69 Å². The molecule has 3 rings (SSSR count). The first-order valence-corrected chi connectivity index (χ1v) is 10.3. The summed E-state index contributed by atoms with van der Waals surface area (Å²) in [4.78, 5) is 23.2. The van der Waals surface area contributed by atoms with Crippen LogP contribution in [-0.4, -0.2) is 42.8 Å². The first kappa shape index (κ1) is 18.6. The number of nitrogens with zero attached hydrogens (tertiary/aromatic N) is 1. The number of carbonyl (C=O) groups is 2. The largest absolute Gasteiger partial charge is 0.475 e. The molecule has 26 heavy (non-hydrogen) atoms. The third kappa shape index (κ3) is 3.67. The Kier molecular flexibility index (Phi) is 5.17. The highest BCUT2D eigenvalue weighted by molar-refractivity contribution is 7.89. The van der Waals surface area contributed by atoms with Gasteiger partial charge in [0.25, 0.3) is 10.0 Å². The summed E-state index contributed by atoms with van der Waals surface area (Å²) in [5.41, 5.74) is 1.78. The number of sulfonamides is 1. The molecular weight excluding hydrogens is 380 g/mol. The quantitative estimate of drug-likeness (QED) is 0.799. The number of anilines is 1. The van der Waals surface area contributed by atoms with Crippen molar-refractivity contribution in [3.05, 3.63) is 34.2 Å². The smallest absolute Gasteiger partial charge is 0.371 e. The first-order chi connectivity index (χ1) is 12.3. The molecule has 0 bridgehead atoms. The lowest BCUT2D eigenvalue weighted by molar-refractivity contribution is -0.120. The normalized spacial score (nSPS) is 16.5. The summed E-state index contributed by atoms with van der Waals surface area (Å²) in [6.07, 6.45) is 0.779. The zero-order valence-corrected chi connectivity index (χ0v) is 15.6. The minimum Gasteiger partial charge on any atom is -0.475 e. The summed E-state index contributed by atoms with van der Waals surface area (Å²) in [5.74, 6) is -2.14. The van der Waals surface area contributed by atoms with E-state index >= 15 is 0 Å². The molecule has 0 radical (unpaired) electrons. The maximum atomic E-state index is 12.5. The minimum atomic E-state index is -3.91. The van der Waals surface area contributed by atoms with Crippen LogP contribution >= 0.6 is 11.3 Å². The number of aromatic carboxylic acids is 1. The third-order valence-corrected chi connectivity index (χ3v) is 6.96.